The van der Waals surface area contributed by atoms with Gasteiger partial charge in [-0.2, -0.15) is 0 Å². The Hall–Kier alpha value is -1.55. The molecule has 1 unspecified atom stereocenters. The molecule has 1 fully saturated rings. The van der Waals surface area contributed by atoms with Crippen LogP contribution in [0.4, 0.5) is 11.4 Å². The molecule has 3 N–H and O–H groups in total. The molecule has 1 aliphatic heterocycles. The maximum atomic E-state index is 12.0. The lowest BCUT2D eigenvalue weighted by atomic mass is 10.1. The molecule has 1 aromatic rings. The Balaban J connectivity index is 2.04. The summed E-state index contributed by atoms with van der Waals surface area (Å²) in [6.45, 7) is 6.78. The number of rotatable bonds is 5. The smallest absolute Gasteiger partial charge is 0.227 e. The van der Waals surface area contributed by atoms with Crippen LogP contribution >= 0.6 is 0 Å². The molecular weight excluding hydrogens is 250 g/mol. The first-order valence-corrected chi connectivity index (χ1v) is 7.48. The maximum absolute atomic E-state index is 12.0. The molecule has 1 saturated heterocycles. The molecule has 4 nitrogen and oxygen atoms in total. The third kappa shape index (κ3) is 3.51. The number of benzene rings is 1. The molecule has 2 rings (SSSR count). The van der Waals surface area contributed by atoms with Crippen LogP contribution in [-0.2, 0) is 4.79 Å². The van der Waals surface area contributed by atoms with E-state index < -0.39 is 0 Å². The second kappa shape index (κ2) is 6.75. The summed E-state index contributed by atoms with van der Waals surface area (Å²) in [5.41, 5.74) is 8.77. The molecule has 0 aliphatic carbocycles. The summed E-state index contributed by atoms with van der Waals surface area (Å²) in [5.74, 6) is 0.00475. The molecule has 0 spiro atoms. The molecule has 0 saturated carbocycles. The van der Waals surface area contributed by atoms with Crippen molar-refractivity contribution in [1.82, 2.24) is 0 Å². The number of nitrogens with two attached hydrogens (primary N) is 1. The van der Waals surface area contributed by atoms with Crippen molar-refractivity contribution in [1.29, 1.82) is 0 Å². The van der Waals surface area contributed by atoms with Gasteiger partial charge in [-0.1, -0.05) is 6.92 Å². The molecule has 1 amide bonds. The normalized spacial score (nSPS) is 16.2. The Bertz CT molecular complexity index is 467. The van der Waals surface area contributed by atoms with Crippen LogP contribution in [0.15, 0.2) is 18.2 Å². The van der Waals surface area contributed by atoms with Crippen LogP contribution in [0.5, 0.6) is 0 Å². The van der Waals surface area contributed by atoms with Crippen LogP contribution < -0.4 is 16.0 Å². The first-order valence-electron chi connectivity index (χ1n) is 7.48. The third-order valence-electron chi connectivity index (χ3n) is 3.99. The summed E-state index contributed by atoms with van der Waals surface area (Å²) in [4.78, 5) is 14.4. The van der Waals surface area contributed by atoms with E-state index in [1.807, 2.05) is 19.9 Å². The van der Waals surface area contributed by atoms with E-state index in [2.05, 4.69) is 22.3 Å². The lowest BCUT2D eigenvalue weighted by Crippen LogP contribution is -2.23. The maximum Gasteiger partial charge on any atom is 0.227 e. The molecule has 0 radical (unpaired) electrons. The Kier molecular flexibility index (Phi) is 5.01. The molecule has 1 aromatic carbocycles. The zero-order chi connectivity index (χ0) is 14.5. The fraction of sp³-hybridized carbons (Fsp3) is 0.562. The largest absolute Gasteiger partial charge is 0.372 e. The predicted octanol–water partition coefficient (Wildman–Crippen LogP) is 2.52. The number of aryl methyl sites for hydroxylation is 1. The van der Waals surface area contributed by atoms with Crippen LogP contribution in [0, 0.1) is 12.8 Å². The summed E-state index contributed by atoms with van der Waals surface area (Å²) in [6, 6.07) is 6.27. The SMILES string of the molecule is Cc1cc(N2CCCC2)ccc1NC(=O)C(C)CCN. The van der Waals surface area contributed by atoms with Gasteiger partial charge in [-0.05, 0) is 56.5 Å². The average Bonchev–Trinajstić information content (AvgIpc) is 2.95. The van der Waals surface area contributed by atoms with Gasteiger partial charge in [0.1, 0.15) is 0 Å². The molecule has 0 bridgehead atoms. The summed E-state index contributed by atoms with van der Waals surface area (Å²) in [7, 11) is 0. The van der Waals surface area contributed by atoms with E-state index in [1.54, 1.807) is 0 Å². The number of anilines is 2. The van der Waals surface area contributed by atoms with E-state index in [1.165, 1.54) is 18.5 Å². The highest BCUT2D eigenvalue weighted by molar-refractivity contribution is 5.93. The van der Waals surface area contributed by atoms with Crippen molar-refractivity contribution < 1.29 is 4.79 Å². The van der Waals surface area contributed by atoms with E-state index in [0.717, 1.165) is 30.8 Å². The van der Waals surface area contributed by atoms with Gasteiger partial charge in [0.05, 0.1) is 0 Å². The predicted molar refractivity (Wildman–Crippen MR) is 84.1 cm³/mol. The van der Waals surface area contributed by atoms with Crippen LogP contribution in [0.1, 0.15) is 31.7 Å². The summed E-state index contributed by atoms with van der Waals surface area (Å²) in [6.07, 6.45) is 3.26. The van der Waals surface area contributed by atoms with Crippen LogP contribution in [0.2, 0.25) is 0 Å². The van der Waals surface area contributed by atoms with E-state index >= 15 is 0 Å². The van der Waals surface area contributed by atoms with Gasteiger partial charge < -0.3 is 16.0 Å². The summed E-state index contributed by atoms with van der Waals surface area (Å²) < 4.78 is 0. The Morgan fingerprint density at radius 2 is 2.10 bits per heavy atom. The number of amides is 1. The average molecular weight is 275 g/mol. The van der Waals surface area contributed by atoms with Gasteiger partial charge in [0, 0.05) is 30.4 Å². The van der Waals surface area contributed by atoms with Crippen molar-refractivity contribution in [3.8, 4) is 0 Å². The first kappa shape index (κ1) is 14.9. The Morgan fingerprint density at radius 3 is 2.70 bits per heavy atom. The molecular formula is C16H25N3O. The van der Waals surface area contributed by atoms with Gasteiger partial charge in [0.2, 0.25) is 5.91 Å². The third-order valence-corrected chi connectivity index (χ3v) is 3.99. The van der Waals surface area contributed by atoms with Crippen molar-refractivity contribution >= 4 is 17.3 Å². The Labute approximate surface area is 121 Å². The van der Waals surface area contributed by atoms with Crippen molar-refractivity contribution in [3.63, 3.8) is 0 Å². The van der Waals surface area contributed by atoms with Crippen molar-refractivity contribution in [2.24, 2.45) is 11.7 Å². The molecule has 1 heterocycles. The van der Waals surface area contributed by atoms with Gasteiger partial charge in [-0.3, -0.25) is 4.79 Å². The highest BCUT2D eigenvalue weighted by atomic mass is 16.1. The monoisotopic (exact) mass is 275 g/mol. The molecule has 20 heavy (non-hydrogen) atoms. The minimum atomic E-state index is -0.0438. The number of carbonyl (C=O) groups excluding carboxylic acids is 1. The molecule has 4 heteroatoms. The topological polar surface area (TPSA) is 58.4 Å². The summed E-state index contributed by atoms with van der Waals surface area (Å²) in [5, 5.41) is 3.00. The number of carbonyl (C=O) groups is 1. The zero-order valence-corrected chi connectivity index (χ0v) is 12.5. The number of nitrogens with zero attached hydrogens (tertiary/aromatic N) is 1. The van der Waals surface area contributed by atoms with Crippen molar-refractivity contribution in [2.45, 2.75) is 33.1 Å². The molecule has 1 atom stereocenters. The second-order valence-electron chi connectivity index (χ2n) is 5.66. The molecule has 1 aliphatic rings. The standard InChI is InChI=1S/C16H25N3O/c1-12(7-8-17)16(20)18-15-6-5-14(11-13(15)2)19-9-3-4-10-19/h5-6,11-12H,3-4,7-10,17H2,1-2H3,(H,18,20). The van der Waals surface area contributed by atoms with Gasteiger partial charge in [0.25, 0.3) is 0 Å². The minimum Gasteiger partial charge on any atom is -0.372 e. The Morgan fingerprint density at radius 1 is 1.40 bits per heavy atom. The van der Waals surface area contributed by atoms with Gasteiger partial charge in [-0.25, -0.2) is 0 Å². The van der Waals surface area contributed by atoms with Crippen LogP contribution in [0.3, 0.4) is 0 Å². The van der Waals surface area contributed by atoms with E-state index in [4.69, 9.17) is 5.73 Å². The van der Waals surface area contributed by atoms with Gasteiger partial charge in [0.15, 0.2) is 0 Å². The number of nitrogens with one attached hydrogen (secondary N) is 1. The highest BCUT2D eigenvalue weighted by Crippen LogP contribution is 2.25. The van der Waals surface area contributed by atoms with Crippen molar-refractivity contribution in [2.75, 3.05) is 29.9 Å². The van der Waals surface area contributed by atoms with E-state index in [9.17, 15) is 4.79 Å². The quantitative estimate of drug-likeness (QED) is 0.868. The van der Waals surface area contributed by atoms with Crippen molar-refractivity contribution in [3.05, 3.63) is 23.8 Å². The van der Waals surface area contributed by atoms with Crippen LogP contribution in [0.25, 0.3) is 0 Å². The second-order valence-corrected chi connectivity index (χ2v) is 5.66. The fourth-order valence-electron chi connectivity index (χ4n) is 2.60. The fourth-order valence-corrected chi connectivity index (χ4v) is 2.60. The highest BCUT2D eigenvalue weighted by Gasteiger charge is 2.15. The first-order chi connectivity index (χ1) is 9.61. The molecule has 110 valence electrons. The lowest BCUT2D eigenvalue weighted by molar-refractivity contribution is -0.119. The van der Waals surface area contributed by atoms with Crippen LogP contribution in [-0.4, -0.2) is 25.5 Å². The lowest BCUT2D eigenvalue weighted by Gasteiger charge is -2.20. The molecule has 0 aromatic heterocycles. The van der Waals surface area contributed by atoms with Gasteiger partial charge >= 0.3 is 0 Å². The number of hydrogen-bond acceptors (Lipinski definition) is 3. The zero-order valence-electron chi connectivity index (χ0n) is 12.5. The van der Waals surface area contributed by atoms with E-state index in [0.29, 0.717) is 6.54 Å². The van der Waals surface area contributed by atoms with E-state index in [-0.39, 0.29) is 11.8 Å². The van der Waals surface area contributed by atoms with Gasteiger partial charge in [-0.15, -0.1) is 0 Å². The minimum absolute atomic E-state index is 0.0438. The summed E-state index contributed by atoms with van der Waals surface area (Å²) >= 11 is 0. The number of hydrogen-bond donors (Lipinski definition) is 2.